The highest BCUT2D eigenvalue weighted by molar-refractivity contribution is 5.95. The molecule has 4 heteroatoms. The van der Waals surface area contributed by atoms with Crippen molar-refractivity contribution in [1.82, 2.24) is 10.3 Å². The summed E-state index contributed by atoms with van der Waals surface area (Å²) in [4.78, 5) is 16.3. The van der Waals surface area contributed by atoms with Crippen LogP contribution in [0.5, 0.6) is 0 Å². The highest BCUT2D eigenvalue weighted by atomic mass is 16.1. The van der Waals surface area contributed by atoms with Crippen molar-refractivity contribution in [2.45, 2.75) is 45.1 Å². The van der Waals surface area contributed by atoms with Crippen LogP contribution in [-0.2, 0) is 0 Å². The number of nitriles is 1. The van der Waals surface area contributed by atoms with Crippen LogP contribution in [0.4, 0.5) is 0 Å². The number of pyridine rings is 1. The Balaban J connectivity index is 2.11. The van der Waals surface area contributed by atoms with Crippen molar-refractivity contribution in [3.8, 4) is 6.07 Å². The van der Waals surface area contributed by atoms with Crippen LogP contribution in [0, 0.1) is 24.2 Å². The van der Waals surface area contributed by atoms with Crippen molar-refractivity contribution in [3.63, 3.8) is 0 Å². The Labute approximate surface area is 113 Å². The quantitative estimate of drug-likeness (QED) is 0.885. The molecule has 1 heterocycles. The number of amides is 1. The number of rotatable bonds is 2. The van der Waals surface area contributed by atoms with E-state index in [1.807, 2.05) is 6.92 Å². The van der Waals surface area contributed by atoms with Crippen LogP contribution in [-0.4, -0.2) is 16.4 Å². The van der Waals surface area contributed by atoms with Crippen LogP contribution in [0.1, 0.15) is 48.7 Å². The summed E-state index contributed by atoms with van der Waals surface area (Å²) < 4.78 is 0. The van der Waals surface area contributed by atoms with E-state index < -0.39 is 5.54 Å². The Hall–Kier alpha value is -1.89. The average Bonchev–Trinajstić information content (AvgIpc) is 2.42. The Morgan fingerprint density at radius 1 is 1.53 bits per heavy atom. The maximum atomic E-state index is 12.2. The normalized spacial score (nSPS) is 26.5. The largest absolute Gasteiger partial charge is 0.334 e. The molecule has 1 fully saturated rings. The maximum Gasteiger partial charge on any atom is 0.252 e. The third-order valence-corrected chi connectivity index (χ3v) is 3.85. The first-order valence-electron chi connectivity index (χ1n) is 6.71. The molecule has 0 bridgehead atoms. The molecule has 2 rings (SSSR count). The van der Waals surface area contributed by atoms with Gasteiger partial charge in [-0.3, -0.25) is 9.78 Å². The molecule has 4 nitrogen and oxygen atoms in total. The summed E-state index contributed by atoms with van der Waals surface area (Å²) in [5.74, 6) is 0.461. The Morgan fingerprint density at radius 3 is 2.79 bits per heavy atom. The molecule has 1 aromatic rings. The second-order valence-electron chi connectivity index (χ2n) is 5.52. The van der Waals surface area contributed by atoms with Gasteiger partial charge in [-0.25, -0.2) is 0 Å². The molecule has 0 atom stereocenters. The first-order chi connectivity index (χ1) is 9.04. The van der Waals surface area contributed by atoms with Gasteiger partial charge in [0.05, 0.1) is 6.07 Å². The summed E-state index contributed by atoms with van der Waals surface area (Å²) in [5, 5.41) is 12.3. The van der Waals surface area contributed by atoms with Crippen LogP contribution < -0.4 is 5.32 Å². The van der Waals surface area contributed by atoms with Gasteiger partial charge in [0.1, 0.15) is 5.54 Å². The smallest absolute Gasteiger partial charge is 0.252 e. The Morgan fingerprint density at radius 2 is 2.21 bits per heavy atom. The fourth-order valence-electron chi connectivity index (χ4n) is 2.50. The van der Waals surface area contributed by atoms with Gasteiger partial charge in [-0.1, -0.05) is 6.92 Å². The summed E-state index contributed by atoms with van der Waals surface area (Å²) in [6.45, 7) is 4.04. The van der Waals surface area contributed by atoms with Gasteiger partial charge in [-0.05, 0) is 50.7 Å². The van der Waals surface area contributed by atoms with Crippen LogP contribution in [0.15, 0.2) is 18.3 Å². The fourth-order valence-corrected chi connectivity index (χ4v) is 2.50. The van der Waals surface area contributed by atoms with Gasteiger partial charge in [0.25, 0.3) is 5.91 Å². The molecule has 0 aromatic carbocycles. The van der Waals surface area contributed by atoms with Crippen molar-refractivity contribution in [3.05, 3.63) is 29.6 Å². The van der Waals surface area contributed by atoms with E-state index in [9.17, 15) is 10.1 Å². The van der Waals surface area contributed by atoms with E-state index >= 15 is 0 Å². The SMILES string of the molecule is Cc1cc(C(=O)NC2(C#N)CCC(C)CC2)ccn1. The lowest BCUT2D eigenvalue weighted by molar-refractivity contribution is 0.0893. The first kappa shape index (κ1) is 13.5. The summed E-state index contributed by atoms with van der Waals surface area (Å²) in [7, 11) is 0. The van der Waals surface area contributed by atoms with E-state index in [-0.39, 0.29) is 5.91 Å². The number of hydrogen-bond acceptors (Lipinski definition) is 3. The van der Waals surface area contributed by atoms with Crippen LogP contribution in [0.25, 0.3) is 0 Å². The molecule has 1 aromatic heterocycles. The number of aryl methyl sites for hydroxylation is 1. The lowest BCUT2D eigenvalue weighted by atomic mass is 9.78. The fraction of sp³-hybridized carbons (Fsp3) is 0.533. The third kappa shape index (κ3) is 3.11. The lowest BCUT2D eigenvalue weighted by Gasteiger charge is -2.34. The van der Waals surface area contributed by atoms with Crippen molar-refractivity contribution >= 4 is 5.91 Å². The van der Waals surface area contributed by atoms with Crippen LogP contribution in [0.2, 0.25) is 0 Å². The molecule has 1 amide bonds. The molecule has 0 saturated heterocycles. The predicted octanol–water partition coefficient (Wildman–Crippen LogP) is 2.59. The van der Waals surface area contributed by atoms with Crippen LogP contribution >= 0.6 is 0 Å². The number of nitrogens with one attached hydrogen (secondary N) is 1. The van der Waals surface area contributed by atoms with Gasteiger partial charge in [-0.2, -0.15) is 5.26 Å². The van der Waals surface area contributed by atoms with Gasteiger partial charge in [0.15, 0.2) is 0 Å². The van der Waals surface area contributed by atoms with Gasteiger partial charge >= 0.3 is 0 Å². The molecule has 0 aliphatic heterocycles. The van der Waals surface area contributed by atoms with E-state index in [0.717, 1.165) is 31.4 Å². The predicted molar refractivity (Wildman–Crippen MR) is 72.4 cm³/mol. The number of aromatic nitrogens is 1. The molecule has 1 N–H and O–H groups in total. The zero-order valence-corrected chi connectivity index (χ0v) is 11.4. The Bertz CT molecular complexity index is 510. The molecule has 0 spiro atoms. The zero-order chi connectivity index (χ0) is 13.9. The highest BCUT2D eigenvalue weighted by Gasteiger charge is 2.35. The van der Waals surface area contributed by atoms with Gasteiger partial charge in [0, 0.05) is 17.5 Å². The monoisotopic (exact) mass is 257 g/mol. The molecule has 0 unspecified atom stereocenters. The van der Waals surface area contributed by atoms with Gasteiger partial charge in [0.2, 0.25) is 0 Å². The minimum Gasteiger partial charge on any atom is -0.334 e. The lowest BCUT2D eigenvalue weighted by Crippen LogP contribution is -2.49. The summed E-state index contributed by atoms with van der Waals surface area (Å²) in [6, 6.07) is 5.73. The van der Waals surface area contributed by atoms with Crippen LogP contribution in [0.3, 0.4) is 0 Å². The number of nitrogens with zero attached hydrogens (tertiary/aromatic N) is 2. The van der Waals surface area contributed by atoms with Gasteiger partial charge < -0.3 is 5.32 Å². The second-order valence-corrected chi connectivity index (χ2v) is 5.52. The molecular weight excluding hydrogens is 238 g/mol. The Kier molecular flexibility index (Phi) is 3.84. The summed E-state index contributed by atoms with van der Waals surface area (Å²) in [5.41, 5.74) is 0.678. The minimum absolute atomic E-state index is 0.179. The number of carbonyl (C=O) groups excluding carboxylic acids is 1. The summed E-state index contributed by atoms with van der Waals surface area (Å²) in [6.07, 6.45) is 5.07. The van der Waals surface area contributed by atoms with Crippen molar-refractivity contribution in [1.29, 1.82) is 5.26 Å². The van der Waals surface area contributed by atoms with E-state index in [2.05, 4.69) is 23.3 Å². The second kappa shape index (κ2) is 5.40. The highest BCUT2D eigenvalue weighted by Crippen LogP contribution is 2.31. The van der Waals surface area contributed by atoms with E-state index in [4.69, 9.17) is 0 Å². The van der Waals surface area contributed by atoms with Crippen molar-refractivity contribution in [2.24, 2.45) is 5.92 Å². The molecule has 19 heavy (non-hydrogen) atoms. The first-order valence-corrected chi connectivity index (χ1v) is 6.71. The molecule has 1 aliphatic rings. The van der Waals surface area contributed by atoms with E-state index in [1.54, 1.807) is 18.3 Å². The van der Waals surface area contributed by atoms with Gasteiger partial charge in [-0.15, -0.1) is 0 Å². The van der Waals surface area contributed by atoms with Crippen molar-refractivity contribution < 1.29 is 4.79 Å². The average molecular weight is 257 g/mol. The molecule has 1 aliphatic carbocycles. The zero-order valence-electron chi connectivity index (χ0n) is 11.4. The van der Waals surface area contributed by atoms with Crippen molar-refractivity contribution in [2.75, 3.05) is 0 Å². The number of hydrogen-bond donors (Lipinski definition) is 1. The molecule has 1 saturated carbocycles. The molecule has 0 radical (unpaired) electrons. The minimum atomic E-state index is -0.694. The standard InChI is InChI=1S/C15H19N3O/c1-11-3-6-15(10-16,7-4-11)18-14(19)13-5-8-17-12(2)9-13/h5,8-9,11H,3-4,6-7H2,1-2H3,(H,18,19). The maximum absolute atomic E-state index is 12.2. The molecular formula is C15H19N3O. The summed E-state index contributed by atoms with van der Waals surface area (Å²) >= 11 is 0. The van der Waals surface area contributed by atoms with E-state index in [1.165, 1.54) is 0 Å². The number of carbonyl (C=O) groups is 1. The van der Waals surface area contributed by atoms with E-state index in [0.29, 0.717) is 11.5 Å². The topological polar surface area (TPSA) is 65.8 Å². The molecule has 100 valence electrons. The third-order valence-electron chi connectivity index (χ3n) is 3.85.